The smallest absolute Gasteiger partial charge is 0.0642 e. The molecule has 0 heterocycles. The van der Waals surface area contributed by atoms with Crippen molar-refractivity contribution < 1.29 is 0 Å². The number of benzene rings is 1. The molecule has 0 amide bonds. The van der Waals surface area contributed by atoms with Gasteiger partial charge in [-0.2, -0.15) is 0 Å². The zero-order valence-electron chi connectivity index (χ0n) is 39.1. The molecule has 16 aliphatic carbocycles. The molecule has 2 spiro atoms. The molecule has 0 radical (unpaired) electrons. The lowest BCUT2D eigenvalue weighted by atomic mass is 9.56. The summed E-state index contributed by atoms with van der Waals surface area (Å²) < 4.78 is 0. The average Bonchev–Trinajstić information content (AvgIpc) is 4.10. The van der Waals surface area contributed by atoms with Crippen LogP contribution in [-0.2, 0) is 5.41 Å². The first-order valence-corrected chi connectivity index (χ1v) is 26.9. The minimum absolute atomic E-state index is 0.123. The van der Waals surface area contributed by atoms with E-state index in [1.54, 1.807) is 94.7 Å². The predicted molar refractivity (Wildman–Crippen MR) is 278 cm³/mol. The predicted octanol–water partition coefficient (Wildman–Crippen LogP) is 15.9. The summed E-state index contributed by atoms with van der Waals surface area (Å²) >= 11 is 0. The van der Waals surface area contributed by atoms with Crippen LogP contribution in [0.1, 0.15) is 93.2 Å². The van der Waals surface area contributed by atoms with Crippen molar-refractivity contribution in [1.29, 1.82) is 0 Å². The summed E-state index contributed by atoms with van der Waals surface area (Å²) in [5.41, 5.74) is 30.9. The van der Waals surface area contributed by atoms with Gasteiger partial charge >= 0.3 is 0 Å². The van der Waals surface area contributed by atoms with Gasteiger partial charge in [0.2, 0.25) is 0 Å². The average molecular weight is 875 g/mol. The standard InChI is InChI=1S/C68H58/c1-5-24-55-45(16-1)46-17-2-6-25-56(46)67(55)59-28-10-20-49-43-34-32-41(37-53(43)51-22-12-30-61(67)65(51)63(49)59)39-14-9-15-40(36-39)42-33-35-44-50-21-11-29-60-64(50)66-52(54(44)38-42)23-13-31-62(66)68(60)57-26-7-3-18-47(57)48-19-4-8-27-58(48)68/h1-3,5-7,10-14,16-17,19-23,26-27,29,31-32,34,36-38,43,47,52-53,55-56,59,61,66H,4,8-9,15,18,24-25,28,30,33,35H2. The van der Waals surface area contributed by atoms with E-state index in [1.807, 2.05) is 0 Å². The van der Waals surface area contributed by atoms with Gasteiger partial charge in [-0.25, -0.2) is 0 Å². The molecule has 17 rings (SSSR count). The molecule has 0 aromatic heterocycles. The van der Waals surface area contributed by atoms with Crippen LogP contribution < -0.4 is 0 Å². The van der Waals surface area contributed by atoms with E-state index in [0.717, 1.165) is 38.5 Å². The zero-order chi connectivity index (χ0) is 44.0. The van der Waals surface area contributed by atoms with Crippen molar-refractivity contribution in [2.24, 2.45) is 52.8 Å². The van der Waals surface area contributed by atoms with Crippen molar-refractivity contribution in [1.82, 2.24) is 0 Å². The summed E-state index contributed by atoms with van der Waals surface area (Å²) in [5, 5.41) is 0. The Morgan fingerprint density at radius 2 is 1.25 bits per heavy atom. The van der Waals surface area contributed by atoms with Crippen LogP contribution in [0.4, 0.5) is 0 Å². The molecule has 3 fully saturated rings. The molecule has 1 aromatic rings. The quantitative estimate of drug-likeness (QED) is 0.278. The first kappa shape index (κ1) is 37.9. The lowest BCUT2D eigenvalue weighted by Gasteiger charge is -2.47. The van der Waals surface area contributed by atoms with Crippen LogP contribution in [0.15, 0.2) is 248 Å². The first-order chi connectivity index (χ1) is 33.7. The Kier molecular flexibility index (Phi) is 7.48. The molecule has 0 bridgehead atoms. The van der Waals surface area contributed by atoms with Gasteiger partial charge in [0.05, 0.1) is 5.41 Å². The van der Waals surface area contributed by atoms with Crippen LogP contribution >= 0.6 is 0 Å². The highest BCUT2D eigenvalue weighted by Crippen LogP contribution is 2.77. The van der Waals surface area contributed by atoms with Crippen LogP contribution in [0.2, 0.25) is 0 Å². The van der Waals surface area contributed by atoms with Gasteiger partial charge in [-0.3, -0.25) is 0 Å². The van der Waals surface area contributed by atoms with E-state index in [2.05, 4.69) is 164 Å². The Morgan fingerprint density at radius 1 is 0.515 bits per heavy atom. The minimum atomic E-state index is -0.123. The normalized spacial score (nSPS) is 39.1. The fraction of sp³-hybridized carbons (Fsp3) is 0.324. The molecule has 0 saturated heterocycles. The molecule has 330 valence electrons. The molecule has 68 heavy (non-hydrogen) atoms. The van der Waals surface area contributed by atoms with Crippen LogP contribution in [0.3, 0.4) is 0 Å². The van der Waals surface area contributed by atoms with Gasteiger partial charge in [-0.1, -0.05) is 164 Å². The Bertz CT molecular complexity index is 3310. The van der Waals surface area contributed by atoms with E-state index in [1.165, 1.54) is 43.3 Å². The van der Waals surface area contributed by atoms with Crippen LogP contribution in [-0.4, -0.2) is 0 Å². The zero-order valence-corrected chi connectivity index (χ0v) is 39.1. The summed E-state index contributed by atoms with van der Waals surface area (Å²) in [6.45, 7) is 0. The van der Waals surface area contributed by atoms with Crippen molar-refractivity contribution in [2.45, 2.75) is 82.0 Å². The summed E-state index contributed by atoms with van der Waals surface area (Å²) in [4.78, 5) is 0. The monoisotopic (exact) mass is 874 g/mol. The minimum Gasteiger partial charge on any atom is -0.0839 e. The van der Waals surface area contributed by atoms with Crippen LogP contribution in [0.5, 0.6) is 0 Å². The van der Waals surface area contributed by atoms with Gasteiger partial charge in [-0.15, -0.1) is 0 Å². The third-order valence-electron chi connectivity index (χ3n) is 20.9. The van der Waals surface area contributed by atoms with Crippen LogP contribution in [0, 0.1) is 52.8 Å². The van der Waals surface area contributed by atoms with Gasteiger partial charge in [0.1, 0.15) is 0 Å². The Labute approximate surface area is 402 Å². The highest BCUT2D eigenvalue weighted by molar-refractivity contribution is 5.88. The van der Waals surface area contributed by atoms with Crippen molar-refractivity contribution in [3.8, 4) is 0 Å². The van der Waals surface area contributed by atoms with E-state index in [4.69, 9.17) is 0 Å². The molecule has 10 atom stereocenters. The maximum atomic E-state index is 2.73. The molecular weight excluding hydrogens is 817 g/mol. The molecule has 1 aromatic carbocycles. The van der Waals surface area contributed by atoms with Crippen molar-refractivity contribution in [2.75, 3.05) is 0 Å². The third kappa shape index (κ3) is 4.40. The van der Waals surface area contributed by atoms with Gasteiger partial charge in [0.25, 0.3) is 0 Å². The van der Waals surface area contributed by atoms with E-state index in [9.17, 15) is 0 Å². The number of fused-ring (bicyclic) bond motifs is 19. The van der Waals surface area contributed by atoms with Crippen LogP contribution in [0.25, 0.3) is 5.57 Å². The fourth-order valence-corrected chi connectivity index (χ4v) is 18.9. The molecule has 0 N–H and O–H groups in total. The maximum absolute atomic E-state index is 2.73. The fourth-order valence-electron chi connectivity index (χ4n) is 18.9. The van der Waals surface area contributed by atoms with E-state index in [0.29, 0.717) is 53.3 Å². The van der Waals surface area contributed by atoms with Crippen molar-refractivity contribution >= 4 is 5.57 Å². The van der Waals surface area contributed by atoms with E-state index < -0.39 is 0 Å². The van der Waals surface area contributed by atoms with Crippen molar-refractivity contribution in [3.05, 3.63) is 264 Å². The second-order valence-electron chi connectivity index (χ2n) is 23.0. The number of rotatable bonds is 2. The van der Waals surface area contributed by atoms with Crippen molar-refractivity contribution in [3.63, 3.8) is 0 Å². The van der Waals surface area contributed by atoms with Gasteiger partial charge in [0, 0.05) is 29.6 Å². The summed E-state index contributed by atoms with van der Waals surface area (Å²) in [5.74, 6) is 4.52. The highest BCUT2D eigenvalue weighted by Gasteiger charge is 2.68. The molecule has 3 saturated carbocycles. The Balaban J connectivity index is 0.737. The second-order valence-corrected chi connectivity index (χ2v) is 23.0. The second kappa shape index (κ2) is 13.4. The first-order valence-electron chi connectivity index (χ1n) is 26.9. The maximum Gasteiger partial charge on any atom is 0.0642 e. The highest BCUT2D eigenvalue weighted by atomic mass is 14.7. The molecular formula is C68H58. The molecule has 0 aliphatic heterocycles. The third-order valence-corrected chi connectivity index (χ3v) is 20.9. The summed E-state index contributed by atoms with van der Waals surface area (Å²) in [7, 11) is 0. The van der Waals surface area contributed by atoms with Gasteiger partial charge in [-0.05, 0) is 206 Å². The molecule has 0 nitrogen and oxygen atoms in total. The van der Waals surface area contributed by atoms with Gasteiger partial charge in [0.15, 0.2) is 0 Å². The molecule has 10 unspecified atom stereocenters. The largest absolute Gasteiger partial charge is 0.0839 e. The summed E-state index contributed by atoms with van der Waals surface area (Å²) in [6, 6.07) is 7.44. The van der Waals surface area contributed by atoms with E-state index in [-0.39, 0.29) is 10.8 Å². The molecule has 16 aliphatic rings. The SMILES string of the molecule is C1=CCC2C3=CCCC=C3C3(C2=C1)C1=CC=CC2C4=C(CCC(C5=CC(C6=CC7C8=C9C%10=C(C=CCC%10C%10(C%11CC=CC=C%11C%11=CC=CCC%11%10)C9CC=C8)C7C=C6)=CCC5)=C4)c4cccc3c4C12. The number of allylic oxidation sites excluding steroid dienone is 40. The Morgan fingerprint density at radius 3 is 2.09 bits per heavy atom. The lowest BCUT2D eigenvalue weighted by Crippen LogP contribution is -2.43. The number of hydrogen-bond acceptors (Lipinski definition) is 0. The lowest BCUT2D eigenvalue weighted by molar-refractivity contribution is 0.0532. The van der Waals surface area contributed by atoms with E-state index >= 15 is 0 Å². The summed E-state index contributed by atoms with van der Waals surface area (Å²) in [6.07, 6.45) is 73.8. The number of hydrogen-bond donors (Lipinski definition) is 0. The van der Waals surface area contributed by atoms with Gasteiger partial charge < -0.3 is 0 Å². The molecule has 0 heteroatoms. The Hall–Kier alpha value is -5.98. The topological polar surface area (TPSA) is 0 Å².